The van der Waals surface area contributed by atoms with E-state index in [0.29, 0.717) is 12.3 Å². The zero-order chi connectivity index (χ0) is 13.5. The van der Waals surface area contributed by atoms with E-state index < -0.39 is 0 Å². The predicted octanol–water partition coefficient (Wildman–Crippen LogP) is 2.27. The summed E-state index contributed by atoms with van der Waals surface area (Å²) < 4.78 is 24.5. The molecular formula is C15H20FNO2. The van der Waals surface area contributed by atoms with E-state index in [1.165, 1.54) is 26.0 Å². The van der Waals surface area contributed by atoms with Crippen molar-refractivity contribution in [3.8, 4) is 5.75 Å². The molecule has 2 N–H and O–H groups in total. The molecular weight excluding hydrogens is 245 g/mol. The van der Waals surface area contributed by atoms with Crippen LogP contribution in [0, 0.1) is 11.7 Å². The molecule has 1 aliphatic carbocycles. The normalized spacial score (nSPS) is 30.6. The van der Waals surface area contributed by atoms with Crippen molar-refractivity contribution in [1.29, 1.82) is 0 Å². The van der Waals surface area contributed by atoms with Crippen molar-refractivity contribution in [2.45, 2.75) is 37.3 Å². The van der Waals surface area contributed by atoms with Gasteiger partial charge in [-0.05, 0) is 49.3 Å². The maximum Gasteiger partial charge on any atom is 0.165 e. The van der Waals surface area contributed by atoms with Crippen LogP contribution in [-0.4, -0.2) is 25.4 Å². The summed E-state index contributed by atoms with van der Waals surface area (Å²) in [4.78, 5) is 0. The van der Waals surface area contributed by atoms with Gasteiger partial charge in [-0.15, -0.1) is 0 Å². The Kier molecular flexibility index (Phi) is 3.23. The van der Waals surface area contributed by atoms with E-state index in [1.807, 2.05) is 6.07 Å². The molecule has 0 bridgehead atoms. The number of rotatable bonds is 4. The summed E-state index contributed by atoms with van der Waals surface area (Å²) in [5.41, 5.74) is 7.09. The van der Waals surface area contributed by atoms with E-state index in [1.54, 1.807) is 6.07 Å². The highest BCUT2D eigenvalue weighted by atomic mass is 19.1. The van der Waals surface area contributed by atoms with Gasteiger partial charge >= 0.3 is 0 Å². The van der Waals surface area contributed by atoms with E-state index in [2.05, 4.69) is 0 Å². The van der Waals surface area contributed by atoms with Crippen molar-refractivity contribution in [1.82, 2.24) is 0 Å². The van der Waals surface area contributed by atoms with Gasteiger partial charge in [0.1, 0.15) is 0 Å². The lowest BCUT2D eigenvalue weighted by Gasteiger charge is -2.30. The highest BCUT2D eigenvalue weighted by molar-refractivity contribution is 5.31. The minimum atomic E-state index is -0.345. The highest BCUT2D eigenvalue weighted by Gasteiger charge is 2.48. The van der Waals surface area contributed by atoms with Crippen LogP contribution in [-0.2, 0) is 11.2 Å². The molecule has 19 heavy (non-hydrogen) atoms. The molecule has 104 valence electrons. The Balaban J connectivity index is 1.78. The van der Waals surface area contributed by atoms with Crippen LogP contribution < -0.4 is 10.5 Å². The third-order valence-corrected chi connectivity index (χ3v) is 4.23. The molecule has 1 aromatic rings. The second kappa shape index (κ2) is 4.76. The Labute approximate surface area is 112 Å². The van der Waals surface area contributed by atoms with E-state index in [0.717, 1.165) is 18.6 Å². The number of ether oxygens (including phenoxy) is 2. The van der Waals surface area contributed by atoms with Crippen LogP contribution in [0.15, 0.2) is 18.2 Å². The molecule has 0 aromatic heterocycles. The zero-order valence-electron chi connectivity index (χ0n) is 11.2. The minimum absolute atomic E-state index is 0.137. The second-order valence-corrected chi connectivity index (χ2v) is 5.76. The molecule has 2 aliphatic rings. The Morgan fingerprint density at radius 2 is 2.26 bits per heavy atom. The van der Waals surface area contributed by atoms with Crippen molar-refractivity contribution in [3.63, 3.8) is 0 Å². The first-order valence-corrected chi connectivity index (χ1v) is 6.85. The Morgan fingerprint density at radius 1 is 1.47 bits per heavy atom. The van der Waals surface area contributed by atoms with Gasteiger partial charge in [-0.2, -0.15) is 0 Å². The summed E-state index contributed by atoms with van der Waals surface area (Å²) in [6.07, 6.45) is 4.07. The molecule has 2 unspecified atom stereocenters. The first-order chi connectivity index (χ1) is 9.12. The number of hydrogen-bond donors (Lipinski definition) is 1. The van der Waals surface area contributed by atoms with Gasteiger partial charge in [0.05, 0.1) is 13.2 Å². The van der Waals surface area contributed by atoms with Gasteiger partial charge in [0.15, 0.2) is 11.6 Å². The molecule has 1 saturated carbocycles. The SMILES string of the molecule is COc1ccc(CC2(N)CCOC2C2CC2)cc1F. The van der Waals surface area contributed by atoms with Crippen LogP contribution in [0.3, 0.4) is 0 Å². The van der Waals surface area contributed by atoms with Gasteiger partial charge < -0.3 is 15.2 Å². The molecule has 1 heterocycles. The van der Waals surface area contributed by atoms with Crippen molar-refractivity contribution in [2.24, 2.45) is 11.7 Å². The first kappa shape index (κ1) is 12.9. The quantitative estimate of drug-likeness (QED) is 0.908. The van der Waals surface area contributed by atoms with Crippen LogP contribution in [0.1, 0.15) is 24.8 Å². The maximum absolute atomic E-state index is 13.7. The molecule has 4 heteroatoms. The van der Waals surface area contributed by atoms with Crippen molar-refractivity contribution in [3.05, 3.63) is 29.6 Å². The number of nitrogens with two attached hydrogens (primary N) is 1. The maximum atomic E-state index is 13.7. The smallest absolute Gasteiger partial charge is 0.165 e. The molecule has 3 nitrogen and oxygen atoms in total. The summed E-state index contributed by atoms with van der Waals surface area (Å²) in [5, 5.41) is 0. The van der Waals surface area contributed by atoms with Crippen molar-refractivity contribution >= 4 is 0 Å². The van der Waals surface area contributed by atoms with Gasteiger partial charge in [-0.25, -0.2) is 4.39 Å². The predicted molar refractivity (Wildman–Crippen MR) is 70.7 cm³/mol. The molecule has 2 atom stereocenters. The second-order valence-electron chi connectivity index (χ2n) is 5.76. The summed E-state index contributed by atoms with van der Waals surface area (Å²) in [6, 6.07) is 5.07. The van der Waals surface area contributed by atoms with Crippen LogP contribution in [0.25, 0.3) is 0 Å². The number of halogens is 1. The Bertz CT molecular complexity index is 475. The molecule has 1 aromatic carbocycles. The summed E-state index contributed by atoms with van der Waals surface area (Å²) in [7, 11) is 1.47. The van der Waals surface area contributed by atoms with E-state index in [-0.39, 0.29) is 23.2 Å². The number of methoxy groups -OCH3 is 1. The standard InChI is InChI=1S/C15H20FNO2/c1-18-13-5-2-10(8-12(13)16)9-15(17)6-7-19-14(15)11-3-4-11/h2,5,8,11,14H,3-4,6-7,9,17H2,1H3. The fourth-order valence-corrected chi connectivity index (χ4v) is 3.08. The summed E-state index contributed by atoms with van der Waals surface area (Å²) in [6.45, 7) is 0.719. The monoisotopic (exact) mass is 265 g/mol. The Hall–Kier alpha value is -1.13. The Morgan fingerprint density at radius 3 is 2.89 bits per heavy atom. The van der Waals surface area contributed by atoms with Gasteiger partial charge in [0.25, 0.3) is 0 Å². The van der Waals surface area contributed by atoms with E-state index >= 15 is 0 Å². The van der Waals surface area contributed by atoms with Crippen LogP contribution in [0.5, 0.6) is 5.75 Å². The van der Waals surface area contributed by atoms with Crippen molar-refractivity contribution in [2.75, 3.05) is 13.7 Å². The lowest BCUT2D eigenvalue weighted by Crippen LogP contribution is -2.50. The number of benzene rings is 1. The first-order valence-electron chi connectivity index (χ1n) is 6.85. The average molecular weight is 265 g/mol. The summed E-state index contributed by atoms with van der Waals surface area (Å²) >= 11 is 0. The lowest BCUT2D eigenvalue weighted by atomic mass is 9.83. The molecule has 1 saturated heterocycles. The molecule has 0 amide bonds. The molecule has 3 rings (SSSR count). The zero-order valence-corrected chi connectivity index (χ0v) is 11.2. The minimum Gasteiger partial charge on any atom is -0.494 e. The topological polar surface area (TPSA) is 44.5 Å². The molecule has 2 fully saturated rings. The van der Waals surface area contributed by atoms with Crippen LogP contribution in [0.2, 0.25) is 0 Å². The fraction of sp³-hybridized carbons (Fsp3) is 0.600. The van der Waals surface area contributed by atoms with Crippen LogP contribution >= 0.6 is 0 Å². The van der Waals surface area contributed by atoms with Gasteiger partial charge in [0, 0.05) is 12.1 Å². The molecule has 0 radical (unpaired) electrons. The average Bonchev–Trinajstić information content (AvgIpc) is 3.14. The molecule has 1 aliphatic heterocycles. The van der Waals surface area contributed by atoms with Crippen LogP contribution in [0.4, 0.5) is 4.39 Å². The molecule has 0 spiro atoms. The number of hydrogen-bond acceptors (Lipinski definition) is 3. The highest BCUT2D eigenvalue weighted by Crippen LogP contribution is 2.43. The van der Waals surface area contributed by atoms with Crippen molar-refractivity contribution < 1.29 is 13.9 Å². The fourth-order valence-electron chi connectivity index (χ4n) is 3.08. The lowest BCUT2D eigenvalue weighted by molar-refractivity contribution is 0.0626. The van der Waals surface area contributed by atoms with Gasteiger partial charge in [0.2, 0.25) is 0 Å². The van der Waals surface area contributed by atoms with Gasteiger partial charge in [-0.3, -0.25) is 0 Å². The van der Waals surface area contributed by atoms with E-state index in [4.69, 9.17) is 15.2 Å². The largest absolute Gasteiger partial charge is 0.494 e. The third kappa shape index (κ3) is 2.47. The van der Waals surface area contributed by atoms with E-state index in [9.17, 15) is 4.39 Å². The summed E-state index contributed by atoms with van der Waals surface area (Å²) in [5.74, 6) is 0.553. The third-order valence-electron chi connectivity index (χ3n) is 4.23. The van der Waals surface area contributed by atoms with Gasteiger partial charge in [-0.1, -0.05) is 6.07 Å².